The highest BCUT2D eigenvalue weighted by molar-refractivity contribution is 7.00. The monoisotopic (exact) mass is 502 g/mol. The third kappa shape index (κ3) is 4.34. The van der Waals surface area contributed by atoms with Crippen LogP contribution in [0.15, 0.2) is 66.2 Å². The largest absolute Gasteiger partial charge is 0.496 e. The summed E-state index contributed by atoms with van der Waals surface area (Å²) in [5.74, 6) is -1.10. The number of rotatable bonds is 7. The Balaban J connectivity index is 1.64. The molecule has 0 saturated heterocycles. The van der Waals surface area contributed by atoms with Gasteiger partial charge >= 0.3 is 5.97 Å². The summed E-state index contributed by atoms with van der Waals surface area (Å²) in [5.41, 5.74) is 5.14. The van der Waals surface area contributed by atoms with E-state index in [4.69, 9.17) is 14.2 Å². The second-order valence-electron chi connectivity index (χ2n) is 9.03. The number of carbonyl (C=O) groups excluding carboxylic acids is 1. The predicted octanol–water partition coefficient (Wildman–Crippen LogP) is 5.19. The van der Waals surface area contributed by atoms with Crippen LogP contribution in [0.3, 0.4) is 0 Å². The lowest BCUT2D eigenvalue weighted by atomic mass is 9.87. The van der Waals surface area contributed by atoms with Crippen LogP contribution in [0.25, 0.3) is 16.6 Å². The molecular formula is C28H26N2O5S. The van der Waals surface area contributed by atoms with E-state index in [0.29, 0.717) is 40.0 Å². The van der Waals surface area contributed by atoms with E-state index in [0.717, 1.165) is 34.1 Å². The van der Waals surface area contributed by atoms with Gasteiger partial charge in [0.25, 0.3) is 5.79 Å². The first kappa shape index (κ1) is 24.0. The first-order valence-electron chi connectivity index (χ1n) is 11.6. The summed E-state index contributed by atoms with van der Waals surface area (Å²) >= 11 is 1.11. The molecule has 0 fully saturated rings. The van der Waals surface area contributed by atoms with Gasteiger partial charge in [-0.3, -0.25) is 0 Å². The molecule has 0 bridgehead atoms. The Bertz CT molecular complexity index is 1480. The van der Waals surface area contributed by atoms with Gasteiger partial charge in [-0.1, -0.05) is 18.2 Å². The quantitative estimate of drug-likeness (QED) is 0.348. The SMILES string of the molecule is COc1ccc(CC2=C(c3ccc4nsnc4c3)C(=O)OC2(O)c2ccc(OC(C)C)cc2)cc1C. The minimum Gasteiger partial charge on any atom is -0.496 e. The van der Waals surface area contributed by atoms with E-state index in [-0.39, 0.29) is 6.10 Å². The topological polar surface area (TPSA) is 90.8 Å². The molecule has 4 aromatic rings. The summed E-state index contributed by atoms with van der Waals surface area (Å²) in [4.78, 5) is 13.3. The van der Waals surface area contributed by atoms with E-state index < -0.39 is 11.8 Å². The summed E-state index contributed by atoms with van der Waals surface area (Å²) in [5, 5.41) is 11.9. The van der Waals surface area contributed by atoms with Crippen LogP contribution in [0.5, 0.6) is 11.5 Å². The van der Waals surface area contributed by atoms with Crippen LogP contribution in [0.1, 0.15) is 36.1 Å². The summed E-state index contributed by atoms with van der Waals surface area (Å²) in [6.07, 6.45) is 0.304. The molecular weight excluding hydrogens is 476 g/mol. The fourth-order valence-corrected chi connectivity index (χ4v) is 5.01. The van der Waals surface area contributed by atoms with Gasteiger partial charge in [0.1, 0.15) is 22.5 Å². The molecule has 0 spiro atoms. The first-order chi connectivity index (χ1) is 17.3. The molecule has 0 saturated carbocycles. The van der Waals surface area contributed by atoms with Crippen molar-refractivity contribution in [2.45, 2.75) is 39.1 Å². The Morgan fingerprint density at radius 3 is 2.47 bits per heavy atom. The molecule has 1 unspecified atom stereocenters. The van der Waals surface area contributed by atoms with Crippen LogP contribution < -0.4 is 9.47 Å². The molecule has 8 heteroatoms. The molecule has 1 aromatic heterocycles. The van der Waals surface area contributed by atoms with Gasteiger partial charge in [-0.15, -0.1) is 0 Å². The Kier molecular flexibility index (Phi) is 6.24. The number of ether oxygens (including phenoxy) is 3. The average molecular weight is 503 g/mol. The Labute approximate surface area is 213 Å². The summed E-state index contributed by atoms with van der Waals surface area (Å²) < 4.78 is 25.4. The van der Waals surface area contributed by atoms with Crippen molar-refractivity contribution in [3.05, 3.63) is 88.5 Å². The molecule has 0 amide bonds. The lowest BCUT2D eigenvalue weighted by molar-refractivity contribution is -0.185. The number of aliphatic hydroxyl groups is 1. The molecule has 3 aromatic carbocycles. The second-order valence-corrected chi connectivity index (χ2v) is 9.55. The number of carbonyl (C=O) groups is 1. The van der Waals surface area contributed by atoms with Gasteiger partial charge in [-0.2, -0.15) is 8.75 Å². The van der Waals surface area contributed by atoms with E-state index in [9.17, 15) is 9.90 Å². The number of benzene rings is 3. The summed E-state index contributed by atoms with van der Waals surface area (Å²) in [6.45, 7) is 5.84. The third-order valence-corrected chi connectivity index (χ3v) is 6.71. The van der Waals surface area contributed by atoms with E-state index >= 15 is 0 Å². The molecule has 1 N–H and O–H groups in total. The van der Waals surface area contributed by atoms with E-state index in [1.807, 2.05) is 51.1 Å². The molecule has 7 nitrogen and oxygen atoms in total. The fourth-order valence-electron chi connectivity index (χ4n) is 4.50. The fraction of sp³-hybridized carbons (Fsp3) is 0.250. The lowest BCUT2D eigenvalue weighted by Crippen LogP contribution is -2.29. The molecule has 36 heavy (non-hydrogen) atoms. The normalized spacial score (nSPS) is 17.7. The number of cyclic esters (lactones) is 1. The van der Waals surface area contributed by atoms with E-state index in [1.54, 1.807) is 37.4 Å². The van der Waals surface area contributed by atoms with Gasteiger partial charge in [0.05, 0.1) is 30.5 Å². The summed E-state index contributed by atoms with van der Waals surface area (Å²) in [6, 6.07) is 18.2. The molecule has 1 atom stereocenters. The minimum absolute atomic E-state index is 0.0127. The minimum atomic E-state index is -1.94. The zero-order valence-electron chi connectivity index (χ0n) is 20.4. The number of methoxy groups -OCH3 is 1. The Morgan fingerprint density at radius 1 is 1.03 bits per heavy atom. The van der Waals surface area contributed by atoms with Gasteiger partial charge in [0, 0.05) is 17.6 Å². The van der Waals surface area contributed by atoms with Gasteiger partial charge in [-0.05, 0) is 79.9 Å². The van der Waals surface area contributed by atoms with Crippen LogP contribution in [0.4, 0.5) is 0 Å². The highest BCUT2D eigenvalue weighted by Gasteiger charge is 2.48. The van der Waals surface area contributed by atoms with E-state index in [1.165, 1.54) is 0 Å². The van der Waals surface area contributed by atoms with Crippen molar-refractivity contribution in [2.75, 3.05) is 7.11 Å². The lowest BCUT2D eigenvalue weighted by Gasteiger charge is -2.26. The van der Waals surface area contributed by atoms with Crippen molar-refractivity contribution in [3.8, 4) is 11.5 Å². The first-order valence-corrected chi connectivity index (χ1v) is 12.3. The molecule has 5 rings (SSSR count). The Morgan fingerprint density at radius 2 is 1.78 bits per heavy atom. The molecule has 1 aliphatic heterocycles. The van der Waals surface area contributed by atoms with Gasteiger partial charge in [0.15, 0.2) is 0 Å². The predicted molar refractivity (Wildman–Crippen MR) is 138 cm³/mol. The van der Waals surface area contributed by atoms with Crippen molar-refractivity contribution in [2.24, 2.45) is 0 Å². The maximum absolute atomic E-state index is 13.3. The van der Waals surface area contributed by atoms with Crippen LogP contribution >= 0.6 is 11.7 Å². The van der Waals surface area contributed by atoms with Gasteiger partial charge in [0.2, 0.25) is 0 Å². The molecule has 0 radical (unpaired) electrons. The van der Waals surface area contributed by atoms with Crippen molar-refractivity contribution < 1.29 is 24.1 Å². The number of nitrogens with zero attached hydrogens (tertiary/aromatic N) is 2. The number of aromatic nitrogens is 2. The van der Waals surface area contributed by atoms with Gasteiger partial charge in [-0.25, -0.2) is 4.79 Å². The molecule has 1 aliphatic rings. The molecule has 184 valence electrons. The summed E-state index contributed by atoms with van der Waals surface area (Å²) in [7, 11) is 1.63. The number of esters is 1. The molecule has 2 heterocycles. The van der Waals surface area contributed by atoms with Crippen LogP contribution in [-0.4, -0.2) is 33.0 Å². The maximum Gasteiger partial charge on any atom is 0.342 e. The second kappa shape index (κ2) is 9.37. The smallest absolute Gasteiger partial charge is 0.342 e. The highest BCUT2D eigenvalue weighted by Crippen LogP contribution is 2.45. The van der Waals surface area contributed by atoms with Crippen LogP contribution in [0, 0.1) is 6.92 Å². The maximum atomic E-state index is 13.3. The standard InChI is InChI=1S/C28H26N2O5S/c1-16(2)34-21-9-7-20(8-10-21)28(32)22(14-18-5-12-25(33-4)17(3)13-18)26(27(31)35-28)19-6-11-23-24(15-19)30-36-29-23/h5-13,15-16,32H,14H2,1-4H3. The van der Waals surface area contributed by atoms with Crippen LogP contribution in [-0.2, 0) is 21.7 Å². The van der Waals surface area contributed by atoms with E-state index in [2.05, 4.69) is 8.75 Å². The molecule has 0 aliphatic carbocycles. The van der Waals surface area contributed by atoms with Crippen LogP contribution in [0.2, 0.25) is 0 Å². The van der Waals surface area contributed by atoms with Crippen molar-refractivity contribution >= 4 is 34.3 Å². The zero-order chi connectivity index (χ0) is 25.4. The third-order valence-electron chi connectivity index (χ3n) is 6.16. The van der Waals surface area contributed by atoms with Crippen molar-refractivity contribution in [3.63, 3.8) is 0 Å². The number of hydrogen-bond acceptors (Lipinski definition) is 8. The number of aryl methyl sites for hydroxylation is 1. The Hall–Kier alpha value is -3.75. The zero-order valence-corrected chi connectivity index (χ0v) is 21.3. The van der Waals surface area contributed by atoms with Crippen molar-refractivity contribution in [1.29, 1.82) is 0 Å². The average Bonchev–Trinajstić information content (AvgIpc) is 3.41. The van der Waals surface area contributed by atoms with Crippen molar-refractivity contribution in [1.82, 2.24) is 8.75 Å². The number of hydrogen-bond donors (Lipinski definition) is 1. The highest BCUT2D eigenvalue weighted by atomic mass is 32.1. The van der Waals surface area contributed by atoms with Gasteiger partial charge < -0.3 is 19.3 Å². The number of fused-ring (bicyclic) bond motifs is 1.